The molecule has 0 aromatic carbocycles. The lowest BCUT2D eigenvalue weighted by atomic mass is 9.63. The first-order valence-electron chi connectivity index (χ1n) is 11.8. The maximum absolute atomic E-state index is 12.5. The van der Waals surface area contributed by atoms with Gasteiger partial charge in [-0.15, -0.1) is 0 Å². The van der Waals surface area contributed by atoms with Gasteiger partial charge in [0.05, 0.1) is 17.6 Å². The Morgan fingerprint density at radius 2 is 1.97 bits per heavy atom. The molecule has 0 bridgehead atoms. The quantitative estimate of drug-likeness (QED) is 0.378. The Labute approximate surface area is 185 Å². The molecule has 1 saturated carbocycles. The minimum Gasteiger partial charge on any atom is -0.429 e. The Balaban J connectivity index is 1.57. The number of esters is 1. The molecule has 1 saturated heterocycles. The number of fused-ring (bicyclic) bond motifs is 1. The third-order valence-electron chi connectivity index (χ3n) is 8.73. The van der Waals surface area contributed by atoms with E-state index in [1.807, 2.05) is 6.08 Å². The zero-order valence-corrected chi connectivity index (χ0v) is 19.2. The molecule has 0 spiro atoms. The number of allylic oxidation sites excluding steroid dienone is 3. The molecule has 0 aromatic heterocycles. The maximum atomic E-state index is 12.5. The molecular formula is C25H38O6. The highest BCUT2D eigenvalue weighted by Crippen LogP contribution is 2.61. The molecule has 4 N–H and O–H groups in total. The van der Waals surface area contributed by atoms with Crippen molar-refractivity contribution in [2.45, 2.75) is 83.7 Å². The minimum absolute atomic E-state index is 0.00450. The molecule has 6 nitrogen and oxygen atoms in total. The SMILES string of the molecule is C[C@H](CC[C@@H](O)C(C)(C)O)C1=CC[C@]2(C)C[C@H]3[C@@H](CO)C[C@@]4(O)OC(=O)/C(=C/C[C@@H]12)[C@@H]34. The van der Waals surface area contributed by atoms with Crippen LogP contribution in [0.2, 0.25) is 0 Å². The summed E-state index contributed by atoms with van der Waals surface area (Å²) in [5.41, 5.74) is 0.831. The molecule has 0 unspecified atom stereocenters. The summed E-state index contributed by atoms with van der Waals surface area (Å²) < 4.78 is 5.43. The predicted molar refractivity (Wildman–Crippen MR) is 116 cm³/mol. The number of hydrogen-bond acceptors (Lipinski definition) is 6. The lowest BCUT2D eigenvalue weighted by Crippen LogP contribution is -2.37. The Hall–Kier alpha value is -1.21. The van der Waals surface area contributed by atoms with E-state index in [-0.39, 0.29) is 41.6 Å². The summed E-state index contributed by atoms with van der Waals surface area (Å²) in [7, 11) is 0. The second-order valence-corrected chi connectivity index (χ2v) is 11.4. The normalized spacial score (nSPS) is 43.2. The van der Waals surface area contributed by atoms with E-state index < -0.39 is 23.5 Å². The monoisotopic (exact) mass is 434 g/mol. The van der Waals surface area contributed by atoms with Gasteiger partial charge in [-0.1, -0.05) is 31.6 Å². The molecule has 3 aliphatic carbocycles. The van der Waals surface area contributed by atoms with Crippen LogP contribution in [-0.2, 0) is 9.53 Å². The molecule has 1 aliphatic heterocycles. The standard InChI is InChI=1S/C25H38O6/c1-14(5-8-20(27)23(2,3)29)16-9-10-24(4)12-18-15(13-26)11-25(30)21(18)17(22(28)31-25)6-7-19(16)24/h6,9,14-15,18-21,26-27,29-30H,5,7-8,10-13H2,1-4H3/b17-6+/t14-,15-,18+,19+,20-,21+,24-,25-/m1/s1. The van der Waals surface area contributed by atoms with Crippen LogP contribution in [0.4, 0.5) is 0 Å². The summed E-state index contributed by atoms with van der Waals surface area (Å²) in [6.07, 6.45) is 7.67. The minimum atomic E-state index is -1.47. The summed E-state index contributed by atoms with van der Waals surface area (Å²) in [5, 5.41) is 41.3. The van der Waals surface area contributed by atoms with E-state index in [9.17, 15) is 25.2 Å². The van der Waals surface area contributed by atoms with Gasteiger partial charge in [-0.3, -0.25) is 0 Å². The molecule has 0 aromatic rings. The first kappa shape index (κ1) is 23.0. The first-order valence-corrected chi connectivity index (χ1v) is 11.8. The number of carbonyl (C=O) groups is 1. The van der Waals surface area contributed by atoms with Gasteiger partial charge in [-0.25, -0.2) is 4.79 Å². The Bertz CT molecular complexity index is 794. The van der Waals surface area contributed by atoms with Crippen LogP contribution in [0.15, 0.2) is 23.3 Å². The van der Waals surface area contributed by atoms with Crippen molar-refractivity contribution in [1.29, 1.82) is 0 Å². The summed E-state index contributed by atoms with van der Waals surface area (Å²) in [4.78, 5) is 12.5. The van der Waals surface area contributed by atoms with Crippen LogP contribution in [0.5, 0.6) is 0 Å². The second-order valence-electron chi connectivity index (χ2n) is 11.4. The van der Waals surface area contributed by atoms with Gasteiger partial charge in [0.15, 0.2) is 0 Å². The number of aliphatic hydroxyl groups is 4. The summed E-state index contributed by atoms with van der Waals surface area (Å²) in [6, 6.07) is 0. The van der Waals surface area contributed by atoms with Gasteiger partial charge in [0.25, 0.3) is 0 Å². The Kier molecular flexibility index (Phi) is 5.69. The van der Waals surface area contributed by atoms with Crippen molar-refractivity contribution in [2.75, 3.05) is 6.61 Å². The Morgan fingerprint density at radius 3 is 2.61 bits per heavy atom. The molecule has 6 heteroatoms. The zero-order chi connectivity index (χ0) is 22.8. The summed E-state index contributed by atoms with van der Waals surface area (Å²) in [6.45, 7) is 7.72. The molecule has 4 aliphatic rings. The van der Waals surface area contributed by atoms with Crippen molar-refractivity contribution >= 4 is 5.97 Å². The molecule has 8 atom stereocenters. The van der Waals surface area contributed by atoms with Gasteiger partial charge in [-0.05, 0) is 75.0 Å². The summed E-state index contributed by atoms with van der Waals surface area (Å²) in [5.74, 6) is -1.76. The third kappa shape index (κ3) is 3.79. The number of hydrogen-bond donors (Lipinski definition) is 4. The highest BCUT2D eigenvalue weighted by Gasteiger charge is 2.64. The van der Waals surface area contributed by atoms with Gasteiger partial charge in [0.2, 0.25) is 5.79 Å². The van der Waals surface area contributed by atoms with Crippen LogP contribution in [0.25, 0.3) is 0 Å². The molecule has 31 heavy (non-hydrogen) atoms. The molecule has 4 rings (SSSR count). The average Bonchev–Trinajstić information content (AvgIpc) is 3.21. The van der Waals surface area contributed by atoms with Crippen molar-refractivity contribution in [2.24, 2.45) is 35.0 Å². The fourth-order valence-electron chi connectivity index (χ4n) is 6.82. The number of aliphatic hydroxyl groups excluding tert-OH is 2. The third-order valence-corrected chi connectivity index (χ3v) is 8.73. The molecular weight excluding hydrogens is 396 g/mol. The first-order chi connectivity index (χ1) is 14.4. The van der Waals surface area contributed by atoms with E-state index in [4.69, 9.17) is 4.74 Å². The lowest BCUT2D eigenvalue weighted by Gasteiger charge is -2.41. The van der Waals surface area contributed by atoms with E-state index >= 15 is 0 Å². The van der Waals surface area contributed by atoms with Gasteiger partial charge >= 0.3 is 5.97 Å². The van der Waals surface area contributed by atoms with Crippen LogP contribution >= 0.6 is 0 Å². The highest BCUT2D eigenvalue weighted by molar-refractivity contribution is 5.92. The van der Waals surface area contributed by atoms with Crippen LogP contribution in [-0.4, -0.2) is 50.5 Å². The molecule has 0 amide bonds. The van der Waals surface area contributed by atoms with Crippen LogP contribution in [0.1, 0.15) is 66.2 Å². The average molecular weight is 435 g/mol. The van der Waals surface area contributed by atoms with Gasteiger partial charge in [-0.2, -0.15) is 0 Å². The fraction of sp³-hybridized carbons (Fsp3) is 0.800. The van der Waals surface area contributed by atoms with Crippen molar-refractivity contribution < 1.29 is 30.0 Å². The van der Waals surface area contributed by atoms with E-state index in [0.29, 0.717) is 18.4 Å². The van der Waals surface area contributed by atoms with E-state index in [2.05, 4.69) is 19.9 Å². The number of rotatable bonds is 6. The van der Waals surface area contributed by atoms with Crippen LogP contribution in [0.3, 0.4) is 0 Å². The Morgan fingerprint density at radius 1 is 1.26 bits per heavy atom. The predicted octanol–water partition coefficient (Wildman–Crippen LogP) is 2.70. The summed E-state index contributed by atoms with van der Waals surface area (Å²) >= 11 is 0. The number of carbonyl (C=O) groups excluding carboxylic acids is 1. The molecule has 2 fully saturated rings. The molecule has 0 radical (unpaired) electrons. The molecule has 174 valence electrons. The number of ether oxygens (including phenoxy) is 1. The topological polar surface area (TPSA) is 107 Å². The second kappa shape index (κ2) is 7.68. The van der Waals surface area contributed by atoms with Gasteiger partial charge in [0, 0.05) is 18.6 Å². The van der Waals surface area contributed by atoms with E-state index in [1.165, 1.54) is 5.57 Å². The van der Waals surface area contributed by atoms with E-state index in [0.717, 1.165) is 25.7 Å². The lowest BCUT2D eigenvalue weighted by molar-refractivity contribution is -0.197. The maximum Gasteiger partial charge on any atom is 0.336 e. The van der Waals surface area contributed by atoms with Gasteiger partial charge < -0.3 is 25.2 Å². The van der Waals surface area contributed by atoms with Crippen molar-refractivity contribution in [3.8, 4) is 0 Å². The highest BCUT2D eigenvalue weighted by atomic mass is 16.7. The smallest absolute Gasteiger partial charge is 0.336 e. The van der Waals surface area contributed by atoms with Crippen molar-refractivity contribution in [1.82, 2.24) is 0 Å². The van der Waals surface area contributed by atoms with Crippen molar-refractivity contribution in [3.05, 3.63) is 23.3 Å². The zero-order valence-electron chi connectivity index (χ0n) is 19.2. The van der Waals surface area contributed by atoms with E-state index in [1.54, 1.807) is 13.8 Å². The fourth-order valence-corrected chi connectivity index (χ4v) is 6.82. The molecule has 1 heterocycles. The van der Waals surface area contributed by atoms with Crippen LogP contribution in [0, 0.1) is 35.0 Å². The van der Waals surface area contributed by atoms with Crippen LogP contribution < -0.4 is 0 Å². The van der Waals surface area contributed by atoms with Gasteiger partial charge in [0.1, 0.15) is 0 Å². The largest absolute Gasteiger partial charge is 0.429 e. The van der Waals surface area contributed by atoms with Crippen molar-refractivity contribution in [3.63, 3.8) is 0 Å².